The van der Waals surface area contributed by atoms with E-state index in [9.17, 15) is 9.59 Å². The van der Waals surface area contributed by atoms with E-state index in [1.165, 1.54) is 16.9 Å². The lowest BCUT2D eigenvalue weighted by Crippen LogP contribution is -2.42. The van der Waals surface area contributed by atoms with Gasteiger partial charge in [-0.05, 0) is 44.1 Å². The van der Waals surface area contributed by atoms with Crippen LogP contribution in [0.25, 0.3) is 10.2 Å². The molecule has 3 rings (SSSR count). The molecule has 0 fully saturated rings. The summed E-state index contributed by atoms with van der Waals surface area (Å²) in [5.74, 6) is 0.0742. The predicted molar refractivity (Wildman–Crippen MR) is 113 cm³/mol. The van der Waals surface area contributed by atoms with E-state index in [0.717, 1.165) is 42.3 Å². The minimum atomic E-state index is 0.00294. The average Bonchev–Trinajstić information content (AvgIpc) is 3.09. The molecule has 0 atom stereocenters. The van der Waals surface area contributed by atoms with Gasteiger partial charge in [-0.25, -0.2) is 4.98 Å². The van der Waals surface area contributed by atoms with Gasteiger partial charge in [0.15, 0.2) is 0 Å². The molecule has 7 heteroatoms. The number of rotatable bonds is 9. The fraction of sp³-hybridized carbons (Fsp3) is 0.667. The third-order valence-electron chi connectivity index (χ3n) is 5.75. The van der Waals surface area contributed by atoms with Crippen LogP contribution in [0.3, 0.4) is 0 Å². The summed E-state index contributed by atoms with van der Waals surface area (Å²) in [6.45, 7) is 5.68. The number of ether oxygens (including phenoxy) is 1. The van der Waals surface area contributed by atoms with Gasteiger partial charge in [0.05, 0.1) is 18.3 Å². The SMILES string of the molecule is CCC(CC)N(CCOC)C(=O)CCn1cnc2sc3c(c2c1=O)CCCC3. The molecule has 1 amide bonds. The second-order valence-electron chi connectivity index (χ2n) is 7.43. The number of aryl methyl sites for hydroxylation is 3. The lowest BCUT2D eigenvalue weighted by Gasteiger charge is -2.30. The van der Waals surface area contributed by atoms with Gasteiger partial charge in [0, 0.05) is 37.5 Å². The van der Waals surface area contributed by atoms with Crippen molar-refractivity contribution in [2.45, 2.75) is 71.4 Å². The number of nitrogens with zero attached hydrogens (tertiary/aromatic N) is 3. The molecule has 0 bridgehead atoms. The maximum atomic E-state index is 13.0. The van der Waals surface area contributed by atoms with Crippen LogP contribution in [-0.2, 0) is 28.9 Å². The molecule has 1 aliphatic carbocycles. The number of fused-ring (bicyclic) bond motifs is 3. The molecule has 0 radical (unpaired) electrons. The molecular weight excluding hydrogens is 374 g/mol. The van der Waals surface area contributed by atoms with Crippen molar-refractivity contribution < 1.29 is 9.53 Å². The average molecular weight is 406 g/mol. The van der Waals surface area contributed by atoms with Gasteiger partial charge in [0.25, 0.3) is 5.56 Å². The van der Waals surface area contributed by atoms with Gasteiger partial charge in [0.2, 0.25) is 5.91 Å². The Morgan fingerprint density at radius 3 is 2.79 bits per heavy atom. The van der Waals surface area contributed by atoms with E-state index in [4.69, 9.17) is 4.74 Å². The van der Waals surface area contributed by atoms with Crippen LogP contribution in [0.5, 0.6) is 0 Å². The van der Waals surface area contributed by atoms with E-state index < -0.39 is 0 Å². The number of methoxy groups -OCH3 is 1. The van der Waals surface area contributed by atoms with Crippen molar-refractivity contribution in [2.24, 2.45) is 0 Å². The Balaban J connectivity index is 1.77. The Hall–Kier alpha value is -1.73. The van der Waals surface area contributed by atoms with Crippen molar-refractivity contribution in [3.05, 3.63) is 27.1 Å². The number of carbonyl (C=O) groups excluding carboxylic acids is 1. The molecule has 0 saturated heterocycles. The predicted octanol–water partition coefficient (Wildman–Crippen LogP) is 3.39. The number of aromatic nitrogens is 2. The minimum absolute atomic E-state index is 0.00294. The van der Waals surface area contributed by atoms with Crippen molar-refractivity contribution in [3.8, 4) is 0 Å². The highest BCUT2D eigenvalue weighted by Crippen LogP contribution is 2.33. The van der Waals surface area contributed by atoms with Crippen molar-refractivity contribution >= 4 is 27.5 Å². The quantitative estimate of drug-likeness (QED) is 0.641. The molecule has 28 heavy (non-hydrogen) atoms. The zero-order valence-electron chi connectivity index (χ0n) is 17.2. The molecular formula is C21H31N3O3S. The molecule has 2 heterocycles. The molecule has 0 saturated carbocycles. The summed E-state index contributed by atoms with van der Waals surface area (Å²) in [5.41, 5.74) is 1.20. The van der Waals surface area contributed by atoms with Gasteiger partial charge in [-0.2, -0.15) is 0 Å². The first-order valence-electron chi connectivity index (χ1n) is 10.4. The summed E-state index contributed by atoms with van der Waals surface area (Å²) in [6, 6.07) is 0.212. The zero-order chi connectivity index (χ0) is 20.1. The minimum Gasteiger partial charge on any atom is -0.383 e. The molecule has 0 unspecified atom stereocenters. The van der Waals surface area contributed by atoms with Gasteiger partial charge in [0.1, 0.15) is 4.83 Å². The smallest absolute Gasteiger partial charge is 0.262 e. The first kappa shape index (κ1) is 21.0. The number of thiophene rings is 1. The Labute approximate surface area is 170 Å². The fourth-order valence-corrected chi connectivity index (χ4v) is 5.35. The van der Waals surface area contributed by atoms with Crippen LogP contribution in [0.15, 0.2) is 11.1 Å². The molecule has 1 aliphatic rings. The molecule has 2 aromatic heterocycles. The molecule has 154 valence electrons. The van der Waals surface area contributed by atoms with Gasteiger partial charge in [-0.1, -0.05) is 13.8 Å². The van der Waals surface area contributed by atoms with Crippen molar-refractivity contribution in [2.75, 3.05) is 20.3 Å². The second-order valence-corrected chi connectivity index (χ2v) is 8.52. The topological polar surface area (TPSA) is 64.4 Å². The summed E-state index contributed by atoms with van der Waals surface area (Å²) in [7, 11) is 1.65. The largest absolute Gasteiger partial charge is 0.383 e. The summed E-state index contributed by atoms with van der Waals surface area (Å²) < 4.78 is 6.79. The van der Waals surface area contributed by atoms with Crippen LogP contribution < -0.4 is 5.56 Å². The third kappa shape index (κ3) is 4.30. The first-order chi connectivity index (χ1) is 13.6. The standard InChI is InChI=1S/C21H31N3O3S/c1-4-15(5-2)24(12-13-27-3)18(25)10-11-23-14-22-20-19(21(23)26)16-8-6-7-9-17(16)28-20/h14-15H,4-13H2,1-3H3. The van der Waals surface area contributed by atoms with Crippen LogP contribution >= 0.6 is 11.3 Å². The Morgan fingerprint density at radius 2 is 2.07 bits per heavy atom. The number of hydrogen-bond donors (Lipinski definition) is 0. The number of hydrogen-bond acceptors (Lipinski definition) is 5. The Kier molecular flexibility index (Phi) is 7.24. The third-order valence-corrected chi connectivity index (χ3v) is 6.95. The molecule has 0 spiro atoms. The number of carbonyl (C=O) groups is 1. The van der Waals surface area contributed by atoms with Gasteiger partial charge in [-0.3, -0.25) is 14.2 Å². The van der Waals surface area contributed by atoms with Crippen LogP contribution in [-0.4, -0.2) is 46.7 Å². The van der Waals surface area contributed by atoms with Crippen LogP contribution in [0, 0.1) is 0 Å². The lowest BCUT2D eigenvalue weighted by molar-refractivity contribution is -0.134. The summed E-state index contributed by atoms with van der Waals surface area (Å²) in [4.78, 5) is 34.5. The van der Waals surface area contributed by atoms with Crippen LogP contribution in [0.2, 0.25) is 0 Å². The zero-order valence-corrected chi connectivity index (χ0v) is 18.0. The first-order valence-corrected chi connectivity index (χ1v) is 11.2. The molecule has 0 aromatic carbocycles. The monoisotopic (exact) mass is 405 g/mol. The van der Waals surface area contributed by atoms with E-state index >= 15 is 0 Å². The van der Waals surface area contributed by atoms with E-state index in [2.05, 4.69) is 18.8 Å². The van der Waals surface area contributed by atoms with Crippen molar-refractivity contribution in [1.82, 2.24) is 14.5 Å². The molecule has 0 N–H and O–H groups in total. The van der Waals surface area contributed by atoms with Gasteiger partial charge >= 0.3 is 0 Å². The summed E-state index contributed by atoms with van der Waals surface area (Å²) in [6.07, 6.45) is 8.09. The van der Waals surface area contributed by atoms with Crippen LogP contribution in [0.1, 0.15) is 56.4 Å². The summed E-state index contributed by atoms with van der Waals surface area (Å²) in [5, 5.41) is 0.783. The van der Waals surface area contributed by atoms with E-state index in [1.807, 2.05) is 4.90 Å². The van der Waals surface area contributed by atoms with E-state index in [0.29, 0.717) is 26.1 Å². The molecule has 6 nitrogen and oxygen atoms in total. The maximum absolute atomic E-state index is 13.0. The van der Waals surface area contributed by atoms with Crippen molar-refractivity contribution in [3.63, 3.8) is 0 Å². The fourth-order valence-electron chi connectivity index (χ4n) is 4.13. The molecule has 2 aromatic rings. The number of amides is 1. The Bertz CT molecular complexity index is 870. The second kappa shape index (κ2) is 9.65. The van der Waals surface area contributed by atoms with Gasteiger partial charge < -0.3 is 9.64 Å². The van der Waals surface area contributed by atoms with Crippen molar-refractivity contribution in [1.29, 1.82) is 0 Å². The highest BCUT2D eigenvalue weighted by Gasteiger charge is 2.22. The summed E-state index contributed by atoms with van der Waals surface area (Å²) >= 11 is 1.66. The Morgan fingerprint density at radius 1 is 1.32 bits per heavy atom. The highest BCUT2D eigenvalue weighted by molar-refractivity contribution is 7.18. The van der Waals surface area contributed by atoms with Gasteiger partial charge in [-0.15, -0.1) is 11.3 Å². The lowest BCUT2D eigenvalue weighted by atomic mass is 9.97. The van der Waals surface area contributed by atoms with E-state index in [-0.39, 0.29) is 17.5 Å². The normalized spacial score (nSPS) is 13.9. The highest BCUT2D eigenvalue weighted by atomic mass is 32.1. The van der Waals surface area contributed by atoms with E-state index in [1.54, 1.807) is 29.3 Å². The van der Waals surface area contributed by atoms with Crippen LogP contribution in [0.4, 0.5) is 0 Å². The maximum Gasteiger partial charge on any atom is 0.262 e. The molecule has 0 aliphatic heterocycles.